The van der Waals surface area contributed by atoms with Crippen LogP contribution in [0.5, 0.6) is 11.5 Å². The molecule has 1 amide bonds. The zero-order chi connectivity index (χ0) is 15.2. The number of hydrogen-bond acceptors (Lipinski definition) is 3. The van der Waals surface area contributed by atoms with Gasteiger partial charge in [-0.2, -0.15) is 0 Å². The fraction of sp³-hybridized carbons (Fsp3) is 0.235. The van der Waals surface area contributed by atoms with Crippen molar-refractivity contribution in [2.24, 2.45) is 0 Å². The smallest absolute Gasteiger partial charge is 0.228 e. The van der Waals surface area contributed by atoms with Crippen LogP contribution in [-0.4, -0.2) is 20.1 Å². The van der Waals surface area contributed by atoms with Gasteiger partial charge in [-0.25, -0.2) is 0 Å². The molecule has 0 aliphatic carbocycles. The molecular formula is C17H19NO3. The quantitative estimate of drug-likeness (QED) is 0.917. The highest BCUT2D eigenvalue weighted by Gasteiger charge is 2.11. The largest absolute Gasteiger partial charge is 0.497 e. The molecule has 0 radical (unpaired) electrons. The van der Waals surface area contributed by atoms with Crippen molar-refractivity contribution >= 4 is 11.6 Å². The predicted molar refractivity (Wildman–Crippen MR) is 83.1 cm³/mol. The number of benzene rings is 2. The Morgan fingerprint density at radius 3 is 2.52 bits per heavy atom. The Kier molecular flexibility index (Phi) is 4.82. The highest BCUT2D eigenvalue weighted by atomic mass is 16.5. The zero-order valence-corrected chi connectivity index (χ0v) is 12.5. The summed E-state index contributed by atoms with van der Waals surface area (Å²) in [6, 6.07) is 13.1. The molecular weight excluding hydrogens is 266 g/mol. The second kappa shape index (κ2) is 6.79. The number of anilines is 1. The molecule has 2 rings (SSSR count). The summed E-state index contributed by atoms with van der Waals surface area (Å²) in [6.45, 7) is 1.96. The Morgan fingerprint density at radius 1 is 1.10 bits per heavy atom. The summed E-state index contributed by atoms with van der Waals surface area (Å²) in [5, 5.41) is 2.91. The van der Waals surface area contributed by atoms with Crippen molar-refractivity contribution in [1.82, 2.24) is 0 Å². The first kappa shape index (κ1) is 14.9. The number of para-hydroxylation sites is 1. The number of carbonyl (C=O) groups excluding carboxylic acids is 1. The van der Waals surface area contributed by atoms with E-state index in [0.29, 0.717) is 11.5 Å². The number of aryl methyl sites for hydroxylation is 1. The minimum Gasteiger partial charge on any atom is -0.497 e. The standard InChI is InChI=1S/C17H19NO3/c1-12-6-4-5-7-15(12)18-17(19)10-13-8-9-14(20-2)11-16(13)21-3/h4-9,11H,10H2,1-3H3,(H,18,19). The first-order valence-corrected chi connectivity index (χ1v) is 6.70. The third kappa shape index (κ3) is 3.75. The maximum absolute atomic E-state index is 12.2. The Labute approximate surface area is 124 Å². The number of rotatable bonds is 5. The summed E-state index contributed by atoms with van der Waals surface area (Å²) in [4.78, 5) is 12.2. The first-order valence-electron chi connectivity index (χ1n) is 6.70. The SMILES string of the molecule is COc1ccc(CC(=O)Nc2ccccc2C)c(OC)c1. The predicted octanol–water partition coefficient (Wildman–Crippen LogP) is 3.19. The summed E-state index contributed by atoms with van der Waals surface area (Å²) in [5.74, 6) is 1.27. The van der Waals surface area contributed by atoms with Crippen LogP contribution < -0.4 is 14.8 Å². The monoisotopic (exact) mass is 285 g/mol. The fourth-order valence-electron chi connectivity index (χ4n) is 2.08. The van der Waals surface area contributed by atoms with E-state index in [-0.39, 0.29) is 12.3 Å². The lowest BCUT2D eigenvalue weighted by atomic mass is 10.1. The number of nitrogens with one attached hydrogen (secondary N) is 1. The number of ether oxygens (including phenoxy) is 2. The van der Waals surface area contributed by atoms with Gasteiger partial charge in [-0.1, -0.05) is 24.3 Å². The molecule has 0 saturated heterocycles. The molecule has 0 aliphatic rings. The van der Waals surface area contributed by atoms with Crippen LogP contribution in [0.1, 0.15) is 11.1 Å². The highest BCUT2D eigenvalue weighted by Crippen LogP contribution is 2.25. The molecule has 0 unspecified atom stereocenters. The van der Waals surface area contributed by atoms with E-state index in [4.69, 9.17) is 9.47 Å². The van der Waals surface area contributed by atoms with E-state index in [1.54, 1.807) is 20.3 Å². The molecule has 2 aromatic rings. The molecule has 21 heavy (non-hydrogen) atoms. The van der Waals surface area contributed by atoms with Gasteiger partial charge < -0.3 is 14.8 Å². The maximum atomic E-state index is 12.2. The van der Waals surface area contributed by atoms with Gasteiger partial charge in [0.1, 0.15) is 11.5 Å². The van der Waals surface area contributed by atoms with Crippen molar-refractivity contribution in [3.63, 3.8) is 0 Å². The second-order valence-electron chi connectivity index (χ2n) is 4.72. The van der Waals surface area contributed by atoms with E-state index < -0.39 is 0 Å². The highest BCUT2D eigenvalue weighted by molar-refractivity contribution is 5.93. The minimum absolute atomic E-state index is 0.0761. The molecule has 1 N–H and O–H groups in total. The van der Waals surface area contributed by atoms with Crippen LogP contribution in [0.3, 0.4) is 0 Å². The normalized spacial score (nSPS) is 10.0. The molecule has 0 aromatic heterocycles. The molecule has 0 spiro atoms. The Balaban J connectivity index is 2.11. The molecule has 0 aliphatic heterocycles. The lowest BCUT2D eigenvalue weighted by Crippen LogP contribution is -2.15. The van der Waals surface area contributed by atoms with Gasteiger partial charge in [-0.15, -0.1) is 0 Å². The average Bonchev–Trinajstić information content (AvgIpc) is 2.50. The van der Waals surface area contributed by atoms with E-state index in [1.807, 2.05) is 43.3 Å². The van der Waals surface area contributed by atoms with Gasteiger partial charge in [0.25, 0.3) is 0 Å². The van der Waals surface area contributed by atoms with Crippen LogP contribution >= 0.6 is 0 Å². The summed E-state index contributed by atoms with van der Waals surface area (Å²) in [6.07, 6.45) is 0.251. The molecule has 0 fully saturated rings. The Bertz CT molecular complexity index is 638. The Morgan fingerprint density at radius 2 is 1.86 bits per heavy atom. The molecule has 2 aromatic carbocycles. The van der Waals surface area contributed by atoms with Crippen molar-refractivity contribution in [2.75, 3.05) is 19.5 Å². The number of hydrogen-bond donors (Lipinski definition) is 1. The topological polar surface area (TPSA) is 47.6 Å². The van der Waals surface area contributed by atoms with Crippen molar-refractivity contribution in [3.8, 4) is 11.5 Å². The zero-order valence-electron chi connectivity index (χ0n) is 12.5. The minimum atomic E-state index is -0.0761. The van der Waals surface area contributed by atoms with Crippen LogP contribution in [-0.2, 0) is 11.2 Å². The van der Waals surface area contributed by atoms with E-state index in [9.17, 15) is 4.79 Å². The van der Waals surface area contributed by atoms with E-state index in [2.05, 4.69) is 5.32 Å². The first-order chi connectivity index (χ1) is 10.1. The maximum Gasteiger partial charge on any atom is 0.228 e. The van der Waals surface area contributed by atoms with Gasteiger partial charge in [-0.05, 0) is 24.6 Å². The van der Waals surface area contributed by atoms with Gasteiger partial charge in [0.05, 0.1) is 20.6 Å². The molecule has 0 saturated carbocycles. The van der Waals surface area contributed by atoms with Crippen molar-refractivity contribution in [1.29, 1.82) is 0 Å². The molecule has 0 atom stereocenters. The summed E-state index contributed by atoms with van der Waals surface area (Å²) >= 11 is 0. The molecule has 0 heterocycles. The lowest BCUT2D eigenvalue weighted by Gasteiger charge is -2.11. The molecule has 0 bridgehead atoms. The summed E-state index contributed by atoms with van der Waals surface area (Å²) < 4.78 is 10.5. The lowest BCUT2D eigenvalue weighted by molar-refractivity contribution is -0.115. The summed E-state index contributed by atoms with van der Waals surface area (Å²) in [5.41, 5.74) is 2.69. The van der Waals surface area contributed by atoms with Gasteiger partial charge in [0, 0.05) is 17.3 Å². The van der Waals surface area contributed by atoms with E-state index >= 15 is 0 Å². The van der Waals surface area contributed by atoms with Crippen LogP contribution in [0.25, 0.3) is 0 Å². The third-order valence-electron chi connectivity index (χ3n) is 3.26. The van der Waals surface area contributed by atoms with E-state index in [1.165, 1.54) is 0 Å². The molecule has 4 heteroatoms. The van der Waals surface area contributed by atoms with Gasteiger partial charge in [-0.3, -0.25) is 4.79 Å². The number of carbonyl (C=O) groups is 1. The van der Waals surface area contributed by atoms with Crippen LogP contribution in [0.2, 0.25) is 0 Å². The molecule has 110 valence electrons. The second-order valence-corrected chi connectivity index (χ2v) is 4.72. The van der Waals surface area contributed by atoms with Gasteiger partial charge >= 0.3 is 0 Å². The van der Waals surface area contributed by atoms with E-state index in [0.717, 1.165) is 16.8 Å². The molecule has 4 nitrogen and oxygen atoms in total. The van der Waals surface area contributed by atoms with Gasteiger partial charge in [0.15, 0.2) is 0 Å². The van der Waals surface area contributed by atoms with Gasteiger partial charge in [0.2, 0.25) is 5.91 Å². The van der Waals surface area contributed by atoms with Crippen LogP contribution in [0.15, 0.2) is 42.5 Å². The number of amides is 1. The fourth-order valence-corrected chi connectivity index (χ4v) is 2.08. The average molecular weight is 285 g/mol. The van der Waals surface area contributed by atoms with Crippen molar-refractivity contribution in [3.05, 3.63) is 53.6 Å². The number of methoxy groups -OCH3 is 2. The van der Waals surface area contributed by atoms with Crippen LogP contribution in [0, 0.1) is 6.92 Å². The van der Waals surface area contributed by atoms with Crippen molar-refractivity contribution in [2.45, 2.75) is 13.3 Å². The van der Waals surface area contributed by atoms with Crippen molar-refractivity contribution < 1.29 is 14.3 Å². The third-order valence-corrected chi connectivity index (χ3v) is 3.26. The van der Waals surface area contributed by atoms with Crippen LogP contribution in [0.4, 0.5) is 5.69 Å². The summed E-state index contributed by atoms with van der Waals surface area (Å²) in [7, 11) is 3.18. The Hall–Kier alpha value is -2.49.